The van der Waals surface area contributed by atoms with E-state index in [9.17, 15) is 19.3 Å². The summed E-state index contributed by atoms with van der Waals surface area (Å²) in [6, 6.07) is 3.28. The first kappa shape index (κ1) is 14.4. The number of carbonyl (C=O) groups excluding carboxylic acids is 1. The van der Waals surface area contributed by atoms with E-state index in [-0.39, 0.29) is 24.1 Å². The third kappa shape index (κ3) is 3.53. The highest BCUT2D eigenvalue weighted by Crippen LogP contribution is 2.25. The standard InChI is InChI=1S/C14H16FNO4/c15-12-8-11(6-7-13(12)16(18)19)20-9-14(17)10-4-2-1-3-5-10/h6-8,10H,1-5,9H2. The number of nitrogens with zero attached hydrogens (tertiary/aromatic N) is 1. The highest BCUT2D eigenvalue weighted by molar-refractivity contribution is 5.82. The molecule has 1 aromatic carbocycles. The Morgan fingerprint density at radius 2 is 2.05 bits per heavy atom. The van der Waals surface area contributed by atoms with Gasteiger partial charge in [0.05, 0.1) is 4.92 Å². The number of carbonyl (C=O) groups is 1. The second-order valence-corrected chi connectivity index (χ2v) is 4.96. The molecule has 1 aliphatic rings. The van der Waals surface area contributed by atoms with Gasteiger partial charge >= 0.3 is 5.69 Å². The third-order valence-electron chi connectivity index (χ3n) is 3.56. The summed E-state index contributed by atoms with van der Waals surface area (Å²) < 4.78 is 18.6. The molecule has 1 aromatic rings. The van der Waals surface area contributed by atoms with Crippen molar-refractivity contribution >= 4 is 11.5 Å². The summed E-state index contributed by atoms with van der Waals surface area (Å²) in [5.41, 5.74) is -0.601. The van der Waals surface area contributed by atoms with Gasteiger partial charge in [-0.1, -0.05) is 19.3 Å². The summed E-state index contributed by atoms with van der Waals surface area (Å²) in [7, 11) is 0. The Labute approximate surface area is 115 Å². The van der Waals surface area contributed by atoms with Crippen LogP contribution in [0.2, 0.25) is 0 Å². The first-order chi connectivity index (χ1) is 9.58. The van der Waals surface area contributed by atoms with Gasteiger partial charge in [-0.15, -0.1) is 0 Å². The lowest BCUT2D eigenvalue weighted by Crippen LogP contribution is -2.23. The van der Waals surface area contributed by atoms with Gasteiger partial charge in [-0.2, -0.15) is 4.39 Å². The lowest BCUT2D eigenvalue weighted by Gasteiger charge is -2.20. The van der Waals surface area contributed by atoms with Crippen LogP contribution in [0.25, 0.3) is 0 Å². The topological polar surface area (TPSA) is 69.4 Å². The molecule has 0 heterocycles. The summed E-state index contributed by atoms with van der Waals surface area (Å²) in [6.07, 6.45) is 5.05. The molecule has 0 spiro atoms. The Hall–Kier alpha value is -1.98. The second kappa shape index (κ2) is 6.45. The van der Waals surface area contributed by atoms with Crippen LogP contribution in [0.4, 0.5) is 10.1 Å². The van der Waals surface area contributed by atoms with Crippen LogP contribution in [0.3, 0.4) is 0 Å². The molecular formula is C14H16FNO4. The molecule has 6 heteroatoms. The minimum atomic E-state index is -0.961. The van der Waals surface area contributed by atoms with Crippen molar-refractivity contribution in [3.05, 3.63) is 34.1 Å². The quantitative estimate of drug-likeness (QED) is 0.613. The van der Waals surface area contributed by atoms with Crippen LogP contribution in [0.1, 0.15) is 32.1 Å². The molecule has 2 rings (SSSR count). The van der Waals surface area contributed by atoms with Crippen LogP contribution in [0, 0.1) is 21.8 Å². The van der Waals surface area contributed by atoms with Crippen molar-refractivity contribution in [2.24, 2.45) is 5.92 Å². The lowest BCUT2D eigenvalue weighted by atomic mass is 9.86. The summed E-state index contributed by atoms with van der Waals surface area (Å²) >= 11 is 0. The number of hydrogen-bond donors (Lipinski definition) is 0. The number of nitro groups is 1. The van der Waals surface area contributed by atoms with Crippen LogP contribution in [0.5, 0.6) is 5.75 Å². The first-order valence-electron chi connectivity index (χ1n) is 6.67. The Balaban J connectivity index is 1.92. The van der Waals surface area contributed by atoms with E-state index in [0.717, 1.165) is 44.2 Å². The third-order valence-corrected chi connectivity index (χ3v) is 3.56. The zero-order chi connectivity index (χ0) is 14.5. The number of hydrogen-bond acceptors (Lipinski definition) is 4. The Bertz CT molecular complexity index is 512. The maximum Gasteiger partial charge on any atom is 0.305 e. The minimum Gasteiger partial charge on any atom is -0.486 e. The highest BCUT2D eigenvalue weighted by atomic mass is 19.1. The number of ether oxygens (including phenoxy) is 1. The van der Waals surface area contributed by atoms with Crippen molar-refractivity contribution < 1.29 is 18.8 Å². The predicted octanol–water partition coefficient (Wildman–Crippen LogP) is 3.26. The molecule has 0 aliphatic heterocycles. The number of ketones is 1. The van der Waals surface area contributed by atoms with Crippen molar-refractivity contribution in [3.63, 3.8) is 0 Å². The zero-order valence-electron chi connectivity index (χ0n) is 11.0. The van der Waals surface area contributed by atoms with Gasteiger partial charge < -0.3 is 4.74 Å². The van der Waals surface area contributed by atoms with Crippen molar-refractivity contribution in [3.8, 4) is 5.75 Å². The maximum absolute atomic E-state index is 13.4. The zero-order valence-corrected chi connectivity index (χ0v) is 11.0. The molecule has 1 fully saturated rings. The molecule has 1 saturated carbocycles. The van der Waals surface area contributed by atoms with Crippen LogP contribution in [-0.2, 0) is 4.79 Å². The monoisotopic (exact) mass is 281 g/mol. The van der Waals surface area contributed by atoms with Crippen molar-refractivity contribution in [1.82, 2.24) is 0 Å². The van der Waals surface area contributed by atoms with Gasteiger partial charge in [-0.3, -0.25) is 14.9 Å². The Morgan fingerprint density at radius 3 is 2.65 bits per heavy atom. The van der Waals surface area contributed by atoms with Gasteiger partial charge in [0, 0.05) is 18.1 Å². The van der Waals surface area contributed by atoms with E-state index in [1.54, 1.807) is 0 Å². The molecular weight excluding hydrogens is 265 g/mol. The van der Waals surface area contributed by atoms with E-state index in [2.05, 4.69) is 0 Å². The van der Waals surface area contributed by atoms with Crippen LogP contribution in [-0.4, -0.2) is 17.3 Å². The molecule has 108 valence electrons. The van der Waals surface area contributed by atoms with Crippen molar-refractivity contribution in [2.45, 2.75) is 32.1 Å². The first-order valence-corrected chi connectivity index (χ1v) is 6.67. The van der Waals surface area contributed by atoms with Gasteiger partial charge in [0.15, 0.2) is 5.78 Å². The SMILES string of the molecule is O=C(COc1ccc([N+](=O)[O-])c(F)c1)C1CCCCC1. The summed E-state index contributed by atoms with van der Waals surface area (Å²) in [5.74, 6) is -0.773. The van der Waals surface area contributed by atoms with Gasteiger partial charge in [0.25, 0.3) is 0 Å². The smallest absolute Gasteiger partial charge is 0.305 e. The number of halogens is 1. The number of rotatable bonds is 5. The molecule has 0 saturated heterocycles. The summed E-state index contributed by atoms with van der Waals surface area (Å²) in [6.45, 7) is -0.109. The number of benzene rings is 1. The largest absolute Gasteiger partial charge is 0.486 e. The molecule has 0 unspecified atom stereocenters. The highest BCUT2D eigenvalue weighted by Gasteiger charge is 2.21. The van der Waals surface area contributed by atoms with Crippen molar-refractivity contribution in [2.75, 3.05) is 6.61 Å². The van der Waals surface area contributed by atoms with Crippen LogP contribution >= 0.6 is 0 Å². The average molecular weight is 281 g/mol. The van der Waals surface area contributed by atoms with Crippen molar-refractivity contribution in [1.29, 1.82) is 0 Å². The fourth-order valence-corrected chi connectivity index (χ4v) is 2.42. The van der Waals surface area contributed by atoms with Gasteiger partial charge in [-0.25, -0.2) is 0 Å². The van der Waals surface area contributed by atoms with Crippen LogP contribution in [0.15, 0.2) is 18.2 Å². The average Bonchev–Trinajstić information content (AvgIpc) is 2.45. The van der Waals surface area contributed by atoms with Crippen LogP contribution < -0.4 is 4.74 Å². The predicted molar refractivity (Wildman–Crippen MR) is 70.1 cm³/mol. The Morgan fingerprint density at radius 1 is 1.35 bits per heavy atom. The molecule has 0 N–H and O–H groups in total. The molecule has 0 aromatic heterocycles. The van der Waals surface area contributed by atoms with E-state index < -0.39 is 16.4 Å². The second-order valence-electron chi connectivity index (χ2n) is 4.96. The fraction of sp³-hybridized carbons (Fsp3) is 0.500. The molecule has 1 aliphatic carbocycles. The van der Waals surface area contributed by atoms with Gasteiger partial charge in [0.1, 0.15) is 12.4 Å². The lowest BCUT2D eigenvalue weighted by molar-refractivity contribution is -0.387. The number of nitro benzene ring substituents is 1. The van der Waals surface area contributed by atoms with E-state index in [4.69, 9.17) is 4.74 Å². The minimum absolute atomic E-state index is 0.0171. The van der Waals surface area contributed by atoms with E-state index in [1.165, 1.54) is 6.07 Å². The van der Waals surface area contributed by atoms with Gasteiger partial charge in [0.2, 0.25) is 5.82 Å². The van der Waals surface area contributed by atoms with E-state index in [1.807, 2.05) is 0 Å². The Kier molecular flexibility index (Phi) is 4.65. The molecule has 5 nitrogen and oxygen atoms in total. The molecule has 0 amide bonds. The van der Waals surface area contributed by atoms with Gasteiger partial charge in [-0.05, 0) is 18.9 Å². The molecule has 20 heavy (non-hydrogen) atoms. The molecule has 0 radical (unpaired) electrons. The number of Topliss-reactive ketones (excluding diaryl/α,β-unsaturated/α-hetero) is 1. The van der Waals surface area contributed by atoms with E-state index in [0.29, 0.717) is 0 Å². The summed E-state index contributed by atoms with van der Waals surface area (Å²) in [5, 5.41) is 10.5. The summed E-state index contributed by atoms with van der Waals surface area (Å²) in [4.78, 5) is 21.6. The molecule has 0 atom stereocenters. The maximum atomic E-state index is 13.4. The molecule has 0 bridgehead atoms. The normalized spacial score (nSPS) is 15.8. The van der Waals surface area contributed by atoms with E-state index >= 15 is 0 Å². The fourth-order valence-electron chi connectivity index (χ4n) is 2.42.